The molecule has 0 bridgehead atoms. The van der Waals surface area contributed by atoms with Gasteiger partial charge in [0.2, 0.25) is 0 Å². The molecule has 1 atom stereocenters. The molecule has 0 aliphatic carbocycles. The lowest BCUT2D eigenvalue weighted by molar-refractivity contribution is 0.0416. The first-order chi connectivity index (χ1) is 8.96. The summed E-state index contributed by atoms with van der Waals surface area (Å²) in [5, 5.41) is 12.3. The van der Waals surface area contributed by atoms with E-state index in [0.717, 1.165) is 0 Å². The van der Waals surface area contributed by atoms with Crippen molar-refractivity contribution >= 4 is 21.4 Å². The van der Waals surface area contributed by atoms with Gasteiger partial charge in [0.15, 0.2) is 9.84 Å². The van der Waals surface area contributed by atoms with Crippen molar-refractivity contribution in [1.29, 1.82) is 0 Å². The molecule has 2 rings (SSSR count). The molecule has 19 heavy (non-hydrogen) atoms. The van der Waals surface area contributed by atoms with E-state index < -0.39 is 21.2 Å². The summed E-state index contributed by atoms with van der Waals surface area (Å²) in [6, 6.07) is 4.53. The van der Waals surface area contributed by atoms with Crippen LogP contribution in [0.15, 0.2) is 23.1 Å². The molecule has 0 spiro atoms. The number of rotatable bonds is 5. The largest absolute Gasteiger partial charge is 0.387 e. The molecule has 0 amide bonds. The maximum atomic E-state index is 12.2. The SMILES string of the molecule is CNCC(O)c1ccc(S(=O)(=O)C2COC2)c(Cl)c1. The molecule has 106 valence electrons. The van der Waals surface area contributed by atoms with Crippen LogP contribution in [0.1, 0.15) is 11.7 Å². The van der Waals surface area contributed by atoms with Gasteiger partial charge in [-0.3, -0.25) is 0 Å². The Kier molecular flexibility index (Phi) is 4.47. The zero-order valence-corrected chi connectivity index (χ0v) is 12.0. The fraction of sp³-hybridized carbons (Fsp3) is 0.500. The van der Waals surface area contributed by atoms with E-state index in [0.29, 0.717) is 12.1 Å². The number of nitrogens with one attached hydrogen (secondary N) is 1. The molecule has 7 heteroatoms. The van der Waals surface area contributed by atoms with Crippen molar-refractivity contribution in [1.82, 2.24) is 5.32 Å². The van der Waals surface area contributed by atoms with Crippen LogP contribution in [0.4, 0.5) is 0 Å². The van der Waals surface area contributed by atoms with Gasteiger partial charge in [-0.15, -0.1) is 0 Å². The Bertz CT molecular complexity index is 557. The Labute approximate surface area is 117 Å². The highest BCUT2D eigenvalue weighted by Crippen LogP contribution is 2.30. The van der Waals surface area contributed by atoms with Crippen molar-refractivity contribution in [3.63, 3.8) is 0 Å². The number of ether oxygens (including phenoxy) is 1. The van der Waals surface area contributed by atoms with Crippen LogP contribution in [-0.2, 0) is 14.6 Å². The van der Waals surface area contributed by atoms with Crippen LogP contribution in [0.5, 0.6) is 0 Å². The maximum Gasteiger partial charge on any atom is 0.187 e. The second-order valence-electron chi connectivity index (χ2n) is 4.47. The number of aliphatic hydroxyl groups excluding tert-OH is 1. The number of halogens is 1. The van der Waals surface area contributed by atoms with E-state index in [4.69, 9.17) is 16.3 Å². The van der Waals surface area contributed by atoms with Gasteiger partial charge in [-0.2, -0.15) is 0 Å². The van der Waals surface area contributed by atoms with Crippen molar-refractivity contribution in [2.75, 3.05) is 26.8 Å². The fourth-order valence-corrected chi connectivity index (χ4v) is 3.85. The normalized spacial score (nSPS) is 18.1. The first kappa shape index (κ1) is 14.7. The minimum Gasteiger partial charge on any atom is -0.387 e. The Balaban J connectivity index is 2.29. The summed E-state index contributed by atoms with van der Waals surface area (Å²) < 4.78 is 29.3. The van der Waals surface area contributed by atoms with Crippen LogP contribution in [0.3, 0.4) is 0 Å². The zero-order valence-electron chi connectivity index (χ0n) is 10.5. The molecule has 0 saturated carbocycles. The van der Waals surface area contributed by atoms with E-state index >= 15 is 0 Å². The third-order valence-electron chi connectivity index (χ3n) is 3.09. The van der Waals surface area contributed by atoms with Gasteiger partial charge in [0.05, 0.1) is 29.2 Å². The molecule has 5 nitrogen and oxygen atoms in total. The summed E-state index contributed by atoms with van der Waals surface area (Å²) in [7, 11) is -1.72. The summed E-state index contributed by atoms with van der Waals surface area (Å²) in [6.45, 7) is 0.796. The van der Waals surface area contributed by atoms with Gasteiger partial charge in [0, 0.05) is 6.54 Å². The summed E-state index contributed by atoms with van der Waals surface area (Å²) >= 11 is 6.03. The van der Waals surface area contributed by atoms with Gasteiger partial charge in [-0.25, -0.2) is 8.42 Å². The summed E-state index contributed by atoms with van der Waals surface area (Å²) in [4.78, 5) is 0.0999. The van der Waals surface area contributed by atoms with Crippen molar-refractivity contribution in [2.24, 2.45) is 0 Å². The van der Waals surface area contributed by atoms with Crippen molar-refractivity contribution < 1.29 is 18.3 Å². The highest BCUT2D eigenvalue weighted by molar-refractivity contribution is 7.92. The van der Waals surface area contributed by atoms with Crippen LogP contribution in [0.2, 0.25) is 5.02 Å². The standard InChI is InChI=1S/C12H16ClNO4S/c1-14-5-11(15)8-2-3-12(10(13)4-8)19(16,17)9-6-18-7-9/h2-4,9,11,14-15H,5-7H2,1H3. The second-order valence-corrected chi connectivity index (χ2v) is 7.07. The van der Waals surface area contributed by atoms with E-state index in [-0.39, 0.29) is 23.1 Å². The third kappa shape index (κ3) is 2.93. The lowest BCUT2D eigenvalue weighted by Gasteiger charge is -2.26. The number of likely N-dealkylation sites (N-methyl/N-ethyl adjacent to an activating group) is 1. The Morgan fingerprint density at radius 2 is 2.21 bits per heavy atom. The molecule has 0 radical (unpaired) electrons. The Hall–Kier alpha value is -0.660. The molecule has 1 aliphatic rings. The molecule has 2 N–H and O–H groups in total. The average Bonchev–Trinajstić information content (AvgIpc) is 2.25. The van der Waals surface area contributed by atoms with Crippen LogP contribution in [0.25, 0.3) is 0 Å². The van der Waals surface area contributed by atoms with Crippen LogP contribution < -0.4 is 5.32 Å². The topological polar surface area (TPSA) is 75.6 Å². The van der Waals surface area contributed by atoms with Crippen molar-refractivity contribution in [3.8, 4) is 0 Å². The predicted molar refractivity (Wildman–Crippen MR) is 72.1 cm³/mol. The zero-order chi connectivity index (χ0) is 14.0. The predicted octanol–water partition coefficient (Wildman–Crippen LogP) is 0.765. The Morgan fingerprint density at radius 3 is 2.68 bits per heavy atom. The number of aliphatic hydroxyl groups is 1. The smallest absolute Gasteiger partial charge is 0.187 e. The van der Waals surface area contributed by atoms with Gasteiger partial charge in [0.1, 0.15) is 5.25 Å². The van der Waals surface area contributed by atoms with Gasteiger partial charge in [-0.05, 0) is 24.7 Å². The van der Waals surface area contributed by atoms with E-state index in [1.165, 1.54) is 12.1 Å². The summed E-state index contributed by atoms with van der Waals surface area (Å²) in [5.41, 5.74) is 0.586. The van der Waals surface area contributed by atoms with E-state index in [1.807, 2.05) is 0 Å². The monoisotopic (exact) mass is 305 g/mol. The number of benzene rings is 1. The first-order valence-electron chi connectivity index (χ1n) is 5.90. The molecule has 1 aliphatic heterocycles. The molecular formula is C12H16ClNO4S. The second kappa shape index (κ2) is 5.76. The molecule has 1 aromatic carbocycles. The third-order valence-corrected chi connectivity index (χ3v) is 5.63. The molecule has 1 aromatic rings. The molecular weight excluding hydrogens is 290 g/mol. The minimum atomic E-state index is -3.44. The lowest BCUT2D eigenvalue weighted by atomic mass is 10.1. The van der Waals surface area contributed by atoms with Crippen LogP contribution in [-0.4, -0.2) is 45.6 Å². The molecule has 1 unspecified atom stereocenters. The van der Waals surface area contributed by atoms with E-state index in [1.54, 1.807) is 13.1 Å². The minimum absolute atomic E-state index is 0.0999. The fourth-order valence-electron chi connectivity index (χ4n) is 1.84. The van der Waals surface area contributed by atoms with Gasteiger partial charge in [0.25, 0.3) is 0 Å². The molecule has 1 saturated heterocycles. The van der Waals surface area contributed by atoms with Crippen molar-refractivity contribution in [3.05, 3.63) is 28.8 Å². The van der Waals surface area contributed by atoms with Crippen molar-refractivity contribution in [2.45, 2.75) is 16.2 Å². The van der Waals surface area contributed by atoms with E-state index in [9.17, 15) is 13.5 Å². The van der Waals surface area contributed by atoms with Crippen LogP contribution >= 0.6 is 11.6 Å². The van der Waals surface area contributed by atoms with Gasteiger partial charge < -0.3 is 15.2 Å². The molecule has 1 fully saturated rings. The molecule has 0 aromatic heterocycles. The number of hydrogen-bond donors (Lipinski definition) is 2. The molecule has 1 heterocycles. The highest BCUT2D eigenvalue weighted by Gasteiger charge is 2.35. The van der Waals surface area contributed by atoms with Crippen LogP contribution in [0, 0.1) is 0 Å². The first-order valence-corrected chi connectivity index (χ1v) is 7.83. The quantitative estimate of drug-likeness (QED) is 0.840. The van der Waals surface area contributed by atoms with Gasteiger partial charge >= 0.3 is 0 Å². The van der Waals surface area contributed by atoms with Gasteiger partial charge in [-0.1, -0.05) is 17.7 Å². The average molecular weight is 306 g/mol. The summed E-state index contributed by atoms with van der Waals surface area (Å²) in [5.74, 6) is 0. The lowest BCUT2D eigenvalue weighted by Crippen LogP contribution is -2.40. The summed E-state index contributed by atoms with van der Waals surface area (Å²) in [6.07, 6.45) is -0.716. The maximum absolute atomic E-state index is 12.2. The number of hydrogen-bond acceptors (Lipinski definition) is 5. The Morgan fingerprint density at radius 1 is 1.53 bits per heavy atom. The number of sulfone groups is 1. The highest BCUT2D eigenvalue weighted by atomic mass is 35.5. The van der Waals surface area contributed by atoms with E-state index in [2.05, 4.69) is 5.32 Å².